The normalized spacial score (nSPS) is 11.3. The standard InChI is InChI=1S/C19H24N2O/c1-4-19(5-2,6-3)21-18(22)13-9-10-15-14-20-17-12-8-7-11-16(15)17/h1,7-8,11-12,14,20H,5-6,9-10,13H2,2-3H3,(H,21,22). The molecule has 0 bridgehead atoms. The maximum Gasteiger partial charge on any atom is 0.221 e. The van der Waals surface area contributed by atoms with Crippen molar-refractivity contribution < 1.29 is 4.79 Å². The van der Waals surface area contributed by atoms with Gasteiger partial charge in [-0.25, -0.2) is 0 Å². The van der Waals surface area contributed by atoms with E-state index < -0.39 is 5.54 Å². The minimum Gasteiger partial charge on any atom is -0.361 e. The number of rotatable bonds is 7. The first kappa shape index (κ1) is 16.2. The van der Waals surface area contributed by atoms with Gasteiger partial charge in [0.2, 0.25) is 5.91 Å². The molecule has 1 aromatic carbocycles. The molecule has 3 nitrogen and oxygen atoms in total. The fourth-order valence-corrected chi connectivity index (χ4v) is 2.77. The number of carbonyl (C=O) groups excluding carboxylic acids is 1. The molecule has 0 aliphatic heterocycles. The van der Waals surface area contributed by atoms with Crippen LogP contribution in [0.25, 0.3) is 10.9 Å². The fourth-order valence-electron chi connectivity index (χ4n) is 2.77. The van der Waals surface area contributed by atoms with Crippen molar-refractivity contribution in [3.63, 3.8) is 0 Å². The second-order valence-electron chi connectivity index (χ2n) is 5.69. The lowest BCUT2D eigenvalue weighted by Crippen LogP contribution is -2.46. The summed E-state index contributed by atoms with van der Waals surface area (Å²) in [6.45, 7) is 4.02. The zero-order chi connectivity index (χ0) is 16.0. The molecule has 0 saturated carbocycles. The lowest BCUT2D eigenvalue weighted by molar-refractivity contribution is -0.122. The molecule has 22 heavy (non-hydrogen) atoms. The van der Waals surface area contributed by atoms with Crippen LogP contribution in [0.4, 0.5) is 0 Å². The predicted octanol–water partition coefficient (Wildman–Crippen LogP) is 3.80. The van der Waals surface area contributed by atoms with E-state index in [-0.39, 0.29) is 5.91 Å². The monoisotopic (exact) mass is 296 g/mol. The molecule has 2 rings (SSSR count). The van der Waals surface area contributed by atoms with Crippen LogP contribution in [-0.2, 0) is 11.2 Å². The van der Waals surface area contributed by atoms with Crippen LogP contribution in [0.5, 0.6) is 0 Å². The number of para-hydroxylation sites is 1. The Morgan fingerprint density at radius 2 is 2.05 bits per heavy atom. The van der Waals surface area contributed by atoms with Crippen molar-refractivity contribution in [1.82, 2.24) is 10.3 Å². The Morgan fingerprint density at radius 1 is 1.32 bits per heavy atom. The summed E-state index contributed by atoms with van der Waals surface area (Å²) in [6.07, 6.45) is 11.3. The topological polar surface area (TPSA) is 44.9 Å². The number of hydrogen-bond donors (Lipinski definition) is 2. The number of carbonyl (C=O) groups is 1. The van der Waals surface area contributed by atoms with Crippen LogP contribution in [-0.4, -0.2) is 16.4 Å². The van der Waals surface area contributed by atoms with E-state index in [2.05, 4.69) is 28.4 Å². The molecule has 1 amide bonds. The van der Waals surface area contributed by atoms with Crippen LogP contribution in [0.15, 0.2) is 30.5 Å². The maximum atomic E-state index is 12.1. The van der Waals surface area contributed by atoms with Crippen molar-refractivity contribution in [1.29, 1.82) is 0 Å². The highest BCUT2D eigenvalue weighted by Crippen LogP contribution is 2.20. The highest BCUT2D eigenvalue weighted by molar-refractivity contribution is 5.83. The van der Waals surface area contributed by atoms with Gasteiger partial charge in [0.1, 0.15) is 5.54 Å². The Bertz CT molecular complexity index is 674. The molecule has 3 heteroatoms. The van der Waals surface area contributed by atoms with Gasteiger partial charge in [-0.15, -0.1) is 6.42 Å². The van der Waals surface area contributed by atoms with Gasteiger partial charge in [0.25, 0.3) is 0 Å². The third-order valence-corrected chi connectivity index (χ3v) is 4.39. The maximum absolute atomic E-state index is 12.1. The molecule has 0 radical (unpaired) electrons. The summed E-state index contributed by atoms with van der Waals surface area (Å²) in [5.41, 5.74) is 1.92. The van der Waals surface area contributed by atoms with E-state index in [1.54, 1.807) is 0 Å². The zero-order valence-electron chi connectivity index (χ0n) is 13.4. The number of aromatic nitrogens is 1. The van der Waals surface area contributed by atoms with Crippen molar-refractivity contribution in [2.24, 2.45) is 0 Å². The Labute approximate surface area is 132 Å². The van der Waals surface area contributed by atoms with E-state index in [1.165, 1.54) is 10.9 Å². The molecule has 0 fully saturated rings. The van der Waals surface area contributed by atoms with Crippen LogP contribution in [0.1, 0.15) is 45.1 Å². The molecule has 0 atom stereocenters. The van der Waals surface area contributed by atoms with Crippen molar-refractivity contribution >= 4 is 16.8 Å². The van der Waals surface area contributed by atoms with Crippen molar-refractivity contribution in [2.45, 2.75) is 51.5 Å². The van der Waals surface area contributed by atoms with Gasteiger partial charge < -0.3 is 10.3 Å². The van der Waals surface area contributed by atoms with E-state index in [4.69, 9.17) is 6.42 Å². The summed E-state index contributed by atoms with van der Waals surface area (Å²) >= 11 is 0. The van der Waals surface area contributed by atoms with E-state index >= 15 is 0 Å². The molecule has 0 saturated heterocycles. The molecule has 116 valence electrons. The smallest absolute Gasteiger partial charge is 0.221 e. The second-order valence-corrected chi connectivity index (χ2v) is 5.69. The first-order valence-electron chi connectivity index (χ1n) is 7.98. The van der Waals surface area contributed by atoms with Gasteiger partial charge in [-0.1, -0.05) is 38.0 Å². The lowest BCUT2D eigenvalue weighted by Gasteiger charge is -2.27. The number of aromatic amines is 1. The van der Waals surface area contributed by atoms with Crippen LogP contribution in [0, 0.1) is 12.3 Å². The molecule has 2 N–H and O–H groups in total. The number of H-pyrrole nitrogens is 1. The minimum atomic E-state index is -0.488. The van der Waals surface area contributed by atoms with Crippen LogP contribution < -0.4 is 5.32 Å². The SMILES string of the molecule is C#CC(CC)(CC)NC(=O)CCCc1c[nH]c2ccccc12. The number of terminal acetylenes is 1. The van der Waals surface area contributed by atoms with Gasteiger partial charge in [-0.05, 0) is 37.3 Å². The molecule has 1 heterocycles. The molecule has 0 aliphatic rings. The van der Waals surface area contributed by atoms with Crippen LogP contribution in [0.3, 0.4) is 0 Å². The summed E-state index contributed by atoms with van der Waals surface area (Å²) in [5.74, 6) is 2.78. The molecule has 0 aliphatic carbocycles. The summed E-state index contributed by atoms with van der Waals surface area (Å²) in [4.78, 5) is 15.4. The molecule has 0 unspecified atom stereocenters. The average Bonchev–Trinajstić information content (AvgIpc) is 2.96. The number of hydrogen-bond acceptors (Lipinski definition) is 1. The van der Waals surface area contributed by atoms with Gasteiger partial charge in [0.05, 0.1) is 0 Å². The number of benzene rings is 1. The van der Waals surface area contributed by atoms with Gasteiger partial charge in [-0.2, -0.15) is 0 Å². The quantitative estimate of drug-likeness (QED) is 0.750. The summed E-state index contributed by atoms with van der Waals surface area (Å²) in [7, 11) is 0. The Morgan fingerprint density at radius 3 is 2.73 bits per heavy atom. The summed E-state index contributed by atoms with van der Waals surface area (Å²) in [6, 6.07) is 8.23. The Hall–Kier alpha value is -2.21. The van der Waals surface area contributed by atoms with Crippen molar-refractivity contribution in [2.75, 3.05) is 0 Å². The first-order valence-corrected chi connectivity index (χ1v) is 7.98. The lowest BCUT2D eigenvalue weighted by atomic mass is 9.93. The predicted molar refractivity (Wildman–Crippen MR) is 91.5 cm³/mol. The molecular weight excluding hydrogens is 272 g/mol. The largest absolute Gasteiger partial charge is 0.361 e. The fraction of sp³-hybridized carbons (Fsp3) is 0.421. The number of fused-ring (bicyclic) bond motifs is 1. The van der Waals surface area contributed by atoms with Gasteiger partial charge >= 0.3 is 0 Å². The molecule has 0 spiro atoms. The molecule has 1 aromatic heterocycles. The zero-order valence-corrected chi connectivity index (χ0v) is 13.4. The van der Waals surface area contributed by atoms with Crippen LogP contribution in [0.2, 0.25) is 0 Å². The Kier molecular flexibility index (Phi) is 5.27. The minimum absolute atomic E-state index is 0.0430. The summed E-state index contributed by atoms with van der Waals surface area (Å²) in [5, 5.41) is 4.25. The van der Waals surface area contributed by atoms with E-state index in [0.29, 0.717) is 6.42 Å². The summed E-state index contributed by atoms with van der Waals surface area (Å²) < 4.78 is 0. The third-order valence-electron chi connectivity index (χ3n) is 4.39. The van der Waals surface area contributed by atoms with E-state index in [0.717, 1.165) is 31.2 Å². The number of aryl methyl sites for hydroxylation is 1. The Balaban J connectivity index is 1.89. The number of nitrogens with one attached hydrogen (secondary N) is 2. The van der Waals surface area contributed by atoms with Crippen molar-refractivity contribution in [3.05, 3.63) is 36.0 Å². The third kappa shape index (κ3) is 3.51. The number of amides is 1. The second kappa shape index (κ2) is 7.17. The molecule has 2 aromatic rings. The van der Waals surface area contributed by atoms with Crippen molar-refractivity contribution in [3.8, 4) is 12.3 Å². The van der Waals surface area contributed by atoms with Gasteiger partial charge in [0.15, 0.2) is 0 Å². The first-order chi connectivity index (χ1) is 10.6. The van der Waals surface area contributed by atoms with E-state index in [1.807, 2.05) is 32.2 Å². The van der Waals surface area contributed by atoms with Gasteiger partial charge in [0, 0.05) is 23.5 Å². The average molecular weight is 296 g/mol. The highest BCUT2D eigenvalue weighted by atomic mass is 16.1. The van der Waals surface area contributed by atoms with Crippen LogP contribution >= 0.6 is 0 Å². The van der Waals surface area contributed by atoms with Gasteiger partial charge in [-0.3, -0.25) is 4.79 Å². The van der Waals surface area contributed by atoms with E-state index in [9.17, 15) is 4.79 Å². The highest BCUT2D eigenvalue weighted by Gasteiger charge is 2.24. The molecular formula is C19H24N2O.